The Morgan fingerprint density at radius 3 is 2.54 bits per heavy atom. The molecule has 0 saturated carbocycles. The molecule has 4 aromatic rings. The van der Waals surface area contributed by atoms with E-state index in [1.165, 1.54) is 0 Å². The first-order valence-corrected chi connectivity index (χ1v) is 8.66. The van der Waals surface area contributed by atoms with E-state index in [2.05, 4.69) is 10.3 Å². The Balaban J connectivity index is 1.70. The fraction of sp³-hybridized carbons (Fsp3) is 0.0476. The molecular weight excluding hydrogens is 346 g/mol. The number of carbonyl (C=O) groups excluding carboxylic acids is 1. The summed E-state index contributed by atoms with van der Waals surface area (Å²) in [6.45, 7) is 0.386. The van der Waals surface area contributed by atoms with Crippen molar-refractivity contribution in [3.05, 3.63) is 95.3 Å². The highest BCUT2D eigenvalue weighted by Gasteiger charge is 2.18. The standard InChI is InChI=1S/C21H16ClN3O/c22-16-8-6-7-15(13-16)14-23-21(26)20-24-18-11-4-5-12-19(18)25(20)17-9-2-1-3-10-17/h1-13H,14H2,(H,23,26). The number of aromatic nitrogens is 2. The summed E-state index contributed by atoms with van der Waals surface area (Å²) >= 11 is 6.01. The van der Waals surface area contributed by atoms with Crippen LogP contribution < -0.4 is 5.32 Å². The van der Waals surface area contributed by atoms with E-state index in [0.717, 1.165) is 22.3 Å². The van der Waals surface area contributed by atoms with Crippen LogP contribution in [0.25, 0.3) is 16.7 Å². The summed E-state index contributed by atoms with van der Waals surface area (Å²) in [5, 5.41) is 3.58. The number of hydrogen-bond acceptors (Lipinski definition) is 2. The Kier molecular flexibility index (Phi) is 4.42. The summed E-state index contributed by atoms with van der Waals surface area (Å²) in [4.78, 5) is 17.4. The molecule has 0 atom stereocenters. The van der Waals surface area contributed by atoms with E-state index in [4.69, 9.17) is 11.6 Å². The van der Waals surface area contributed by atoms with Crippen LogP contribution in [0.2, 0.25) is 5.02 Å². The van der Waals surface area contributed by atoms with Crippen molar-refractivity contribution in [3.8, 4) is 5.69 Å². The average molecular weight is 362 g/mol. The summed E-state index contributed by atoms with van der Waals surface area (Å²) in [6.07, 6.45) is 0. The maximum Gasteiger partial charge on any atom is 0.287 e. The lowest BCUT2D eigenvalue weighted by molar-refractivity contribution is 0.0939. The molecule has 0 radical (unpaired) electrons. The van der Waals surface area contributed by atoms with Crippen LogP contribution in [0.4, 0.5) is 0 Å². The molecule has 0 bridgehead atoms. The van der Waals surface area contributed by atoms with Gasteiger partial charge >= 0.3 is 0 Å². The summed E-state index contributed by atoms with van der Waals surface area (Å²) in [5.41, 5.74) is 3.51. The summed E-state index contributed by atoms with van der Waals surface area (Å²) in [6, 6.07) is 24.9. The normalized spacial score (nSPS) is 10.8. The molecular formula is C21H16ClN3O. The fourth-order valence-electron chi connectivity index (χ4n) is 2.93. The van der Waals surface area contributed by atoms with E-state index in [0.29, 0.717) is 17.4 Å². The number of halogens is 1. The van der Waals surface area contributed by atoms with E-state index < -0.39 is 0 Å². The monoisotopic (exact) mass is 361 g/mol. The van der Waals surface area contributed by atoms with Crippen LogP contribution in [-0.2, 0) is 6.54 Å². The van der Waals surface area contributed by atoms with E-state index >= 15 is 0 Å². The molecule has 0 aliphatic carbocycles. The molecule has 0 fully saturated rings. The molecule has 1 amide bonds. The van der Waals surface area contributed by atoms with Crippen LogP contribution in [0.5, 0.6) is 0 Å². The SMILES string of the molecule is O=C(NCc1cccc(Cl)c1)c1nc2ccccc2n1-c1ccccc1. The third-order valence-corrected chi connectivity index (χ3v) is 4.36. The van der Waals surface area contributed by atoms with Crippen molar-refractivity contribution >= 4 is 28.5 Å². The molecule has 0 saturated heterocycles. The Bertz CT molecular complexity index is 1070. The minimum atomic E-state index is -0.231. The van der Waals surface area contributed by atoms with E-state index in [1.807, 2.05) is 83.4 Å². The van der Waals surface area contributed by atoms with E-state index in [1.54, 1.807) is 0 Å². The molecule has 0 unspecified atom stereocenters. The third kappa shape index (κ3) is 3.19. The zero-order valence-corrected chi connectivity index (χ0v) is 14.6. The van der Waals surface area contributed by atoms with Crippen molar-refractivity contribution in [2.24, 2.45) is 0 Å². The lowest BCUT2D eigenvalue weighted by Crippen LogP contribution is -2.26. The van der Waals surface area contributed by atoms with Gasteiger partial charge < -0.3 is 5.32 Å². The van der Waals surface area contributed by atoms with Crippen molar-refractivity contribution in [2.75, 3.05) is 0 Å². The zero-order chi connectivity index (χ0) is 17.9. The first kappa shape index (κ1) is 16.4. The molecule has 4 nitrogen and oxygen atoms in total. The Labute approximate surface area is 156 Å². The molecule has 4 rings (SSSR count). The van der Waals surface area contributed by atoms with Gasteiger partial charge in [-0.15, -0.1) is 0 Å². The first-order valence-electron chi connectivity index (χ1n) is 8.28. The number of benzene rings is 3. The highest BCUT2D eigenvalue weighted by molar-refractivity contribution is 6.30. The van der Waals surface area contributed by atoms with Gasteiger partial charge in [-0.1, -0.05) is 54.1 Å². The Hall–Kier alpha value is -3.11. The van der Waals surface area contributed by atoms with Crippen LogP contribution in [0, 0.1) is 0 Å². The number of nitrogens with zero attached hydrogens (tertiary/aromatic N) is 2. The fourth-order valence-corrected chi connectivity index (χ4v) is 3.14. The van der Waals surface area contributed by atoms with Crippen molar-refractivity contribution in [2.45, 2.75) is 6.54 Å². The second-order valence-corrected chi connectivity index (χ2v) is 6.34. The van der Waals surface area contributed by atoms with Gasteiger partial charge in [-0.25, -0.2) is 4.98 Å². The predicted octanol–water partition coefficient (Wildman–Crippen LogP) is 4.61. The molecule has 1 N–H and O–H groups in total. The van der Waals surface area contributed by atoms with E-state index in [9.17, 15) is 4.79 Å². The highest BCUT2D eigenvalue weighted by Crippen LogP contribution is 2.21. The van der Waals surface area contributed by atoms with Crippen LogP contribution in [0.1, 0.15) is 16.2 Å². The number of fused-ring (bicyclic) bond motifs is 1. The quantitative estimate of drug-likeness (QED) is 0.577. The number of amides is 1. The van der Waals surface area contributed by atoms with Crippen molar-refractivity contribution in [1.82, 2.24) is 14.9 Å². The molecule has 3 aromatic carbocycles. The minimum Gasteiger partial charge on any atom is -0.345 e. The highest BCUT2D eigenvalue weighted by atomic mass is 35.5. The van der Waals surface area contributed by atoms with Gasteiger partial charge in [-0.2, -0.15) is 0 Å². The van der Waals surface area contributed by atoms with Crippen molar-refractivity contribution in [3.63, 3.8) is 0 Å². The van der Waals surface area contributed by atoms with Crippen LogP contribution in [0.3, 0.4) is 0 Å². The number of hydrogen-bond donors (Lipinski definition) is 1. The number of nitrogens with one attached hydrogen (secondary N) is 1. The number of carbonyl (C=O) groups is 1. The molecule has 1 aromatic heterocycles. The molecule has 0 aliphatic rings. The lowest BCUT2D eigenvalue weighted by Gasteiger charge is -2.10. The third-order valence-electron chi connectivity index (χ3n) is 4.12. The summed E-state index contributed by atoms with van der Waals surface area (Å²) in [5.74, 6) is 0.129. The Morgan fingerprint density at radius 1 is 0.962 bits per heavy atom. The molecule has 5 heteroatoms. The van der Waals surface area contributed by atoms with Crippen LogP contribution in [-0.4, -0.2) is 15.5 Å². The number of rotatable bonds is 4. The molecule has 0 aliphatic heterocycles. The number of imidazole rings is 1. The van der Waals surface area contributed by atoms with Crippen LogP contribution in [0.15, 0.2) is 78.9 Å². The van der Waals surface area contributed by atoms with Gasteiger partial charge in [0.15, 0.2) is 0 Å². The predicted molar refractivity (Wildman–Crippen MR) is 104 cm³/mol. The van der Waals surface area contributed by atoms with Crippen molar-refractivity contribution in [1.29, 1.82) is 0 Å². The second-order valence-electron chi connectivity index (χ2n) is 5.91. The zero-order valence-electron chi connectivity index (χ0n) is 13.9. The first-order chi connectivity index (χ1) is 12.7. The molecule has 26 heavy (non-hydrogen) atoms. The molecule has 128 valence electrons. The van der Waals surface area contributed by atoms with Gasteiger partial charge in [0.25, 0.3) is 5.91 Å². The maximum atomic E-state index is 12.8. The van der Waals surface area contributed by atoms with Gasteiger partial charge in [0.2, 0.25) is 5.82 Å². The van der Waals surface area contributed by atoms with Gasteiger partial charge in [-0.05, 0) is 42.0 Å². The molecule has 1 heterocycles. The number of para-hydroxylation sites is 3. The lowest BCUT2D eigenvalue weighted by atomic mass is 10.2. The summed E-state index contributed by atoms with van der Waals surface area (Å²) in [7, 11) is 0. The smallest absolute Gasteiger partial charge is 0.287 e. The van der Waals surface area contributed by atoms with Gasteiger partial charge in [0, 0.05) is 17.3 Å². The van der Waals surface area contributed by atoms with Crippen LogP contribution >= 0.6 is 11.6 Å². The average Bonchev–Trinajstić information content (AvgIpc) is 3.06. The minimum absolute atomic E-state index is 0.231. The topological polar surface area (TPSA) is 46.9 Å². The molecule has 0 spiro atoms. The van der Waals surface area contributed by atoms with Gasteiger partial charge in [0.1, 0.15) is 0 Å². The second kappa shape index (κ2) is 7.02. The Morgan fingerprint density at radius 2 is 1.73 bits per heavy atom. The van der Waals surface area contributed by atoms with Gasteiger partial charge in [0.05, 0.1) is 11.0 Å². The summed E-state index contributed by atoms with van der Waals surface area (Å²) < 4.78 is 1.88. The van der Waals surface area contributed by atoms with Gasteiger partial charge in [-0.3, -0.25) is 9.36 Å². The van der Waals surface area contributed by atoms with Crippen molar-refractivity contribution < 1.29 is 4.79 Å². The maximum absolute atomic E-state index is 12.8. The largest absolute Gasteiger partial charge is 0.345 e. The van der Waals surface area contributed by atoms with E-state index in [-0.39, 0.29) is 5.91 Å².